The normalized spacial score (nSPS) is 32.2. The molecular weight excluding hydrogens is 600 g/mol. The summed E-state index contributed by atoms with van der Waals surface area (Å²) in [5.74, 6) is -2.54. The zero-order chi connectivity index (χ0) is 22.6. The molecule has 2 saturated carbocycles. The van der Waals surface area contributed by atoms with Crippen molar-refractivity contribution in [2.45, 2.75) is 36.0 Å². The van der Waals surface area contributed by atoms with Gasteiger partial charge in [0, 0.05) is 19.8 Å². The highest BCUT2D eigenvalue weighted by Gasteiger charge is 2.67. The van der Waals surface area contributed by atoms with Crippen LogP contribution < -0.4 is 5.32 Å². The summed E-state index contributed by atoms with van der Waals surface area (Å²) in [5, 5.41) is 2.69. The third kappa shape index (κ3) is 3.88. The van der Waals surface area contributed by atoms with Crippen LogP contribution in [-0.2, 0) is 23.9 Å². The number of likely N-dealkylation sites (tertiary alicyclic amines) is 1. The van der Waals surface area contributed by atoms with Gasteiger partial charge in [-0.3, -0.25) is 19.3 Å². The maximum Gasteiger partial charge on any atom is 0.329 e. The van der Waals surface area contributed by atoms with Gasteiger partial charge in [0.15, 0.2) is 6.61 Å². The highest BCUT2D eigenvalue weighted by molar-refractivity contribution is 9.12. The van der Waals surface area contributed by atoms with E-state index in [4.69, 9.17) is 4.74 Å². The van der Waals surface area contributed by atoms with E-state index in [1.54, 1.807) is 12.1 Å². The van der Waals surface area contributed by atoms with Gasteiger partial charge in [-0.15, -0.1) is 0 Å². The molecule has 7 nitrogen and oxygen atoms in total. The van der Waals surface area contributed by atoms with Crippen molar-refractivity contribution in [3.8, 4) is 0 Å². The highest BCUT2D eigenvalue weighted by Crippen LogP contribution is 2.60. The maximum absolute atomic E-state index is 13.0. The molecule has 0 aromatic heterocycles. The number of hydrogen-bond donors (Lipinski definition) is 1. The monoisotopic (exact) mass is 618 g/mol. The minimum atomic E-state index is -1.07. The quantitative estimate of drug-likeness (QED) is 0.310. The number of carbonyl (C=O) groups excluding carboxylic acids is 4. The number of fused-ring (bicyclic) bond motifs is 5. The van der Waals surface area contributed by atoms with Gasteiger partial charge in [-0.1, -0.05) is 47.8 Å². The van der Waals surface area contributed by atoms with Crippen LogP contribution in [0.4, 0.5) is 5.69 Å². The molecule has 1 saturated heterocycles. The van der Waals surface area contributed by atoms with Crippen LogP contribution in [-0.4, -0.2) is 50.9 Å². The Balaban J connectivity index is 1.37. The number of benzene rings is 1. The largest absolute Gasteiger partial charge is 0.454 e. The molecule has 1 aliphatic heterocycles. The first-order chi connectivity index (χ1) is 14.6. The number of esters is 1. The van der Waals surface area contributed by atoms with E-state index >= 15 is 0 Å². The summed E-state index contributed by atoms with van der Waals surface area (Å²) < 4.78 is 6.01. The summed E-state index contributed by atoms with van der Waals surface area (Å²) in [6.07, 6.45) is 0.820. The number of rotatable bonds is 5. The van der Waals surface area contributed by atoms with E-state index in [9.17, 15) is 19.2 Å². The number of hydrogen-bond acceptors (Lipinski definition) is 5. The molecule has 2 aliphatic carbocycles. The zero-order valence-corrected chi connectivity index (χ0v) is 21.6. The van der Waals surface area contributed by atoms with Crippen LogP contribution >= 0.6 is 47.8 Å². The second kappa shape index (κ2) is 8.59. The highest BCUT2D eigenvalue weighted by atomic mass is 79.9. The van der Waals surface area contributed by atoms with Crippen LogP contribution in [0.25, 0.3) is 0 Å². The number of halogens is 3. The molecular formula is C21H21Br3N2O5. The fraction of sp³-hybridized carbons (Fsp3) is 0.524. The van der Waals surface area contributed by atoms with Crippen molar-refractivity contribution in [3.05, 3.63) is 28.2 Å². The summed E-state index contributed by atoms with van der Waals surface area (Å²) in [5.41, 5.74) is 1.46. The van der Waals surface area contributed by atoms with Crippen molar-refractivity contribution in [2.24, 2.45) is 23.7 Å². The van der Waals surface area contributed by atoms with Gasteiger partial charge in [-0.05, 0) is 55.9 Å². The van der Waals surface area contributed by atoms with Gasteiger partial charge in [0.25, 0.3) is 5.91 Å². The van der Waals surface area contributed by atoms with Crippen molar-refractivity contribution < 1.29 is 23.9 Å². The fourth-order valence-corrected chi connectivity index (χ4v) is 7.42. The first kappa shape index (κ1) is 22.9. The van der Waals surface area contributed by atoms with Crippen LogP contribution in [0.1, 0.15) is 18.9 Å². The summed E-state index contributed by atoms with van der Waals surface area (Å²) in [4.78, 5) is 52.1. The van der Waals surface area contributed by atoms with Gasteiger partial charge >= 0.3 is 5.97 Å². The maximum atomic E-state index is 13.0. The number of aryl methyl sites for hydroxylation is 1. The molecule has 3 aliphatic rings. The summed E-state index contributed by atoms with van der Waals surface area (Å²) in [7, 11) is 0. The third-order valence-corrected chi connectivity index (χ3v) is 10.3. The van der Waals surface area contributed by atoms with Gasteiger partial charge in [0.1, 0.15) is 6.04 Å². The van der Waals surface area contributed by atoms with Crippen molar-refractivity contribution in [3.63, 3.8) is 0 Å². The third-order valence-electron chi connectivity index (χ3n) is 6.56. The lowest BCUT2D eigenvalue weighted by Gasteiger charge is -2.28. The number of carbonyl (C=O) groups is 4. The van der Waals surface area contributed by atoms with Crippen LogP contribution in [0.5, 0.6) is 0 Å². The minimum Gasteiger partial charge on any atom is -0.454 e. The molecule has 1 heterocycles. The van der Waals surface area contributed by atoms with Crippen molar-refractivity contribution in [1.29, 1.82) is 0 Å². The van der Waals surface area contributed by atoms with Gasteiger partial charge in [0.2, 0.25) is 11.8 Å². The Bertz CT molecular complexity index is 938. The summed E-state index contributed by atoms with van der Waals surface area (Å²) in [6, 6.07) is 4.31. The van der Waals surface area contributed by atoms with Gasteiger partial charge in [-0.2, -0.15) is 0 Å². The first-order valence-corrected chi connectivity index (χ1v) is 12.6. The van der Waals surface area contributed by atoms with Crippen molar-refractivity contribution >= 4 is 77.2 Å². The number of ether oxygens (including phenoxy) is 1. The molecule has 3 fully saturated rings. The molecule has 0 unspecified atom stereocenters. The lowest BCUT2D eigenvalue weighted by atomic mass is 9.81. The Labute approximate surface area is 205 Å². The molecule has 0 spiro atoms. The van der Waals surface area contributed by atoms with E-state index in [0.717, 1.165) is 21.4 Å². The van der Waals surface area contributed by atoms with Crippen molar-refractivity contribution in [1.82, 2.24) is 4.90 Å². The van der Waals surface area contributed by atoms with E-state index in [1.807, 2.05) is 13.0 Å². The molecule has 7 atom stereocenters. The Morgan fingerprint density at radius 3 is 2.29 bits per heavy atom. The Morgan fingerprint density at radius 1 is 1.16 bits per heavy atom. The number of anilines is 1. The Morgan fingerprint density at radius 2 is 1.74 bits per heavy atom. The summed E-state index contributed by atoms with van der Waals surface area (Å²) >= 11 is 10.6. The van der Waals surface area contributed by atoms with Crippen LogP contribution in [0.15, 0.2) is 22.7 Å². The van der Waals surface area contributed by atoms with Crippen LogP contribution in [0, 0.1) is 30.6 Å². The predicted octanol–water partition coefficient (Wildman–Crippen LogP) is 3.41. The molecule has 31 heavy (non-hydrogen) atoms. The SMILES string of the molecule is Cc1cc(Br)ccc1NC(=O)COC(=O)[C@H](C)N1C(=O)[C@@H]2[C@H]3C[C@@H]([C@H](Br)[C@H]3Br)[C@H]2C1=O. The molecule has 166 valence electrons. The number of amides is 3. The molecule has 1 aromatic rings. The predicted molar refractivity (Wildman–Crippen MR) is 124 cm³/mol. The van der Waals surface area contributed by atoms with Gasteiger partial charge in [-0.25, -0.2) is 4.79 Å². The Kier molecular flexibility index (Phi) is 6.35. The molecule has 1 N–H and O–H groups in total. The number of nitrogens with one attached hydrogen (secondary N) is 1. The number of nitrogens with zero attached hydrogens (tertiary/aromatic N) is 1. The lowest BCUT2D eigenvalue weighted by Crippen LogP contribution is -2.45. The average Bonchev–Trinajstić information content (AvgIpc) is 3.32. The smallest absolute Gasteiger partial charge is 0.329 e. The topological polar surface area (TPSA) is 92.8 Å². The molecule has 2 bridgehead atoms. The Hall–Kier alpha value is -1.26. The average molecular weight is 621 g/mol. The van der Waals surface area contributed by atoms with E-state index in [2.05, 4.69) is 53.1 Å². The van der Waals surface area contributed by atoms with E-state index < -0.39 is 36.4 Å². The molecule has 4 rings (SSSR count). The lowest BCUT2D eigenvalue weighted by molar-refractivity contribution is -0.159. The van der Waals surface area contributed by atoms with Crippen LogP contribution in [0.3, 0.4) is 0 Å². The van der Waals surface area contributed by atoms with E-state index in [-0.39, 0.29) is 33.3 Å². The summed E-state index contributed by atoms with van der Waals surface area (Å²) in [6.45, 7) is 2.81. The molecule has 10 heteroatoms. The standard InChI is InChI=1S/C21H21Br3N2O5/c1-8-5-10(22)3-4-13(8)25-14(27)7-31-21(30)9(2)26-19(28)15-11-6-12(16(15)20(26)29)18(24)17(11)23/h3-5,9,11-12,15-18H,6-7H2,1-2H3,(H,25,27)/t9-,11+,12+,15+,16+,17-,18-/m0/s1. The van der Waals surface area contributed by atoms with Crippen molar-refractivity contribution in [2.75, 3.05) is 11.9 Å². The fourth-order valence-electron chi connectivity index (χ4n) is 5.07. The molecule has 3 amide bonds. The van der Waals surface area contributed by atoms with Gasteiger partial charge < -0.3 is 10.1 Å². The zero-order valence-electron chi connectivity index (χ0n) is 16.8. The number of imide groups is 1. The van der Waals surface area contributed by atoms with Crippen LogP contribution in [0.2, 0.25) is 0 Å². The minimum absolute atomic E-state index is 0.0731. The molecule has 1 aromatic carbocycles. The number of alkyl halides is 2. The van der Waals surface area contributed by atoms with E-state index in [1.165, 1.54) is 6.92 Å². The first-order valence-electron chi connectivity index (χ1n) is 9.99. The van der Waals surface area contributed by atoms with Gasteiger partial charge in [0.05, 0.1) is 11.8 Å². The second-order valence-corrected chi connectivity index (χ2v) is 11.4. The second-order valence-electron chi connectivity index (χ2n) is 8.34. The van der Waals surface area contributed by atoms with E-state index in [0.29, 0.717) is 5.69 Å². The molecule has 0 radical (unpaired) electrons.